The molecule has 0 aliphatic heterocycles. The van der Waals surface area contributed by atoms with Crippen molar-refractivity contribution in [2.75, 3.05) is 0 Å². The van der Waals surface area contributed by atoms with Crippen LogP contribution in [0.3, 0.4) is 0 Å². The summed E-state index contributed by atoms with van der Waals surface area (Å²) in [7, 11) is 0.750. The summed E-state index contributed by atoms with van der Waals surface area (Å²) in [6.07, 6.45) is 11.8. The Balaban J connectivity index is -0.000000371. The molecule has 0 amide bonds. The van der Waals surface area contributed by atoms with Gasteiger partial charge in [-0.3, -0.25) is 19.8 Å². The van der Waals surface area contributed by atoms with Gasteiger partial charge in [0.2, 0.25) is 0 Å². The molecule has 10 heteroatoms. The van der Waals surface area contributed by atoms with Crippen molar-refractivity contribution < 1.29 is 39.3 Å². The normalized spacial score (nSPS) is 9.97. The van der Waals surface area contributed by atoms with E-state index in [1.165, 1.54) is 0 Å². The largest absolute Gasteiger partial charge is 3.00 e. The maximum Gasteiger partial charge on any atom is 3.00 e. The quantitative estimate of drug-likeness (QED) is 0.0989. The van der Waals surface area contributed by atoms with Crippen molar-refractivity contribution in [2.24, 2.45) is 0 Å². The van der Waals surface area contributed by atoms with Crippen LogP contribution in [0.5, 0.6) is 0 Å². The Morgan fingerprint density at radius 1 is 0.906 bits per heavy atom. The molecule has 0 fully saturated rings. The van der Waals surface area contributed by atoms with Gasteiger partial charge in [-0.1, -0.05) is 19.2 Å². The van der Waals surface area contributed by atoms with Crippen molar-refractivity contribution >= 4 is 45.2 Å². The first-order valence-electron chi connectivity index (χ1n) is 8.50. The molecule has 1 heterocycles. The van der Waals surface area contributed by atoms with Gasteiger partial charge in [-0.05, 0) is 5.52 Å². The Morgan fingerprint density at radius 3 is 1.91 bits per heavy atom. The van der Waals surface area contributed by atoms with Crippen LogP contribution in [0.15, 0.2) is 54.8 Å². The zero-order valence-electron chi connectivity index (χ0n) is 17.0. The van der Waals surface area contributed by atoms with Gasteiger partial charge >= 0.3 is 17.4 Å². The fourth-order valence-electron chi connectivity index (χ4n) is 1.79. The Bertz CT molecular complexity index is 873. The summed E-state index contributed by atoms with van der Waals surface area (Å²) < 4.78 is 59.9. The summed E-state index contributed by atoms with van der Waals surface area (Å²) in [4.78, 5) is 4.13. The van der Waals surface area contributed by atoms with E-state index in [2.05, 4.69) is 36.3 Å². The molecular formula is C22H20Cl2CrF5NSi. The standard InChI is InChI=1S/C9H6N.C6F5.C5H5.C2H7Si.2ClH.Cr/c1-2-6-9-8(4-1)5-3-7-10-9;7-2-1-3(8)5(10)6(11)4(2)9;1-2-4-5-3-1;1-3-2;;;/h1-5,7H;;1-3H,4H2;3H,1-2H3;2*1H;/q3*-1;;;;+3. The van der Waals surface area contributed by atoms with Gasteiger partial charge in [0.15, 0.2) is 0 Å². The third-order valence-electron chi connectivity index (χ3n) is 3.01. The first kappa shape index (κ1) is 34.9. The van der Waals surface area contributed by atoms with E-state index < -0.39 is 29.1 Å². The summed E-state index contributed by atoms with van der Waals surface area (Å²) in [5, 5.41) is 1.14. The minimum Gasteiger partial charge on any atom is -0.283 e. The molecule has 0 unspecified atom stereocenters. The second-order valence-electron chi connectivity index (χ2n) is 5.39. The van der Waals surface area contributed by atoms with Crippen molar-refractivity contribution in [3.8, 4) is 0 Å². The van der Waals surface area contributed by atoms with Crippen LogP contribution in [0.1, 0.15) is 6.42 Å². The van der Waals surface area contributed by atoms with Gasteiger partial charge in [0, 0.05) is 15.7 Å². The molecule has 1 aromatic heterocycles. The minimum absolute atomic E-state index is 0. The van der Waals surface area contributed by atoms with Crippen LogP contribution in [0.25, 0.3) is 10.9 Å². The van der Waals surface area contributed by atoms with Crippen LogP contribution in [0, 0.1) is 47.3 Å². The SMILES string of the molecule is C[SiH]C.Cl.Cl.Fc1[c-]c(F)c(F)c(F)c1F.[C-]1=CC=CC1.[Cr+3].[c-]1cccc2cccnc12. The monoisotopic (exact) mass is 543 g/mol. The number of para-hydroxylation sites is 1. The van der Waals surface area contributed by atoms with E-state index in [0.29, 0.717) is 0 Å². The maximum absolute atomic E-state index is 12.0. The van der Waals surface area contributed by atoms with Gasteiger partial charge in [0.1, 0.15) is 0 Å². The van der Waals surface area contributed by atoms with Crippen molar-refractivity contribution in [3.05, 3.63) is 102 Å². The van der Waals surface area contributed by atoms with Crippen LogP contribution >= 0.6 is 24.8 Å². The van der Waals surface area contributed by atoms with Crippen LogP contribution < -0.4 is 0 Å². The second kappa shape index (κ2) is 20.0. The Hall–Kier alpha value is -1.69. The summed E-state index contributed by atoms with van der Waals surface area (Å²) in [5.74, 6) is -10.0. The molecular weight excluding hydrogens is 524 g/mol. The number of pyridine rings is 1. The van der Waals surface area contributed by atoms with Gasteiger partial charge in [-0.2, -0.15) is 30.3 Å². The van der Waals surface area contributed by atoms with E-state index in [-0.39, 0.29) is 42.2 Å². The first-order chi connectivity index (χ1) is 13.9. The Kier molecular flexibility index (Phi) is 21.8. The molecule has 0 spiro atoms. The molecule has 32 heavy (non-hydrogen) atoms. The molecule has 4 rings (SSSR count). The molecule has 2 aromatic carbocycles. The minimum atomic E-state index is -2.17. The topological polar surface area (TPSA) is 12.9 Å². The van der Waals surface area contributed by atoms with Crippen LogP contribution in [0.4, 0.5) is 22.0 Å². The van der Waals surface area contributed by atoms with E-state index in [4.69, 9.17) is 0 Å². The Morgan fingerprint density at radius 2 is 1.47 bits per heavy atom. The first-order valence-corrected chi connectivity index (χ1v) is 10.8. The molecule has 1 aliphatic carbocycles. The van der Waals surface area contributed by atoms with Crippen molar-refractivity contribution in [2.45, 2.75) is 19.5 Å². The molecule has 0 bridgehead atoms. The molecule has 172 valence electrons. The van der Waals surface area contributed by atoms with Gasteiger partial charge in [-0.25, -0.2) is 25.3 Å². The van der Waals surface area contributed by atoms with Crippen LogP contribution in [-0.4, -0.2) is 14.5 Å². The number of rotatable bonds is 0. The van der Waals surface area contributed by atoms with Crippen molar-refractivity contribution in [1.82, 2.24) is 4.98 Å². The third kappa shape index (κ3) is 12.4. The number of aromatic nitrogens is 1. The predicted molar refractivity (Wildman–Crippen MR) is 121 cm³/mol. The number of allylic oxidation sites excluding steroid dienone is 4. The maximum atomic E-state index is 12.0. The van der Waals surface area contributed by atoms with Gasteiger partial charge in [0.25, 0.3) is 0 Å². The number of hydrogen-bond donors (Lipinski definition) is 0. The molecule has 0 saturated heterocycles. The van der Waals surface area contributed by atoms with E-state index >= 15 is 0 Å². The predicted octanol–water partition coefficient (Wildman–Crippen LogP) is 6.88. The number of benzene rings is 2. The fraction of sp³-hybridized carbons (Fsp3) is 0.136. The average Bonchev–Trinajstić information content (AvgIpc) is 3.32. The number of nitrogens with zero attached hydrogens (tertiary/aromatic N) is 1. The molecule has 0 atom stereocenters. The number of hydrogen-bond acceptors (Lipinski definition) is 1. The van der Waals surface area contributed by atoms with Gasteiger partial charge in [0.05, 0.1) is 29.1 Å². The molecule has 0 saturated carbocycles. The number of halogens is 7. The van der Waals surface area contributed by atoms with E-state index in [0.717, 1.165) is 32.9 Å². The zero-order chi connectivity index (χ0) is 21.6. The Labute approximate surface area is 210 Å². The third-order valence-corrected chi connectivity index (χ3v) is 3.01. The van der Waals surface area contributed by atoms with Gasteiger partial charge in [-0.15, -0.1) is 48.8 Å². The molecule has 2 radical (unpaired) electrons. The molecule has 1 nitrogen and oxygen atoms in total. The van der Waals surface area contributed by atoms with Crippen LogP contribution in [-0.2, 0) is 17.4 Å². The zero-order valence-corrected chi connectivity index (χ0v) is 21.1. The second-order valence-corrected chi connectivity index (χ2v) is 6.54. The van der Waals surface area contributed by atoms with Crippen LogP contribution in [0.2, 0.25) is 13.1 Å². The summed E-state index contributed by atoms with van der Waals surface area (Å²) >= 11 is 0. The van der Waals surface area contributed by atoms with E-state index in [1.807, 2.05) is 42.5 Å². The molecule has 0 N–H and O–H groups in total. The van der Waals surface area contributed by atoms with Gasteiger partial charge < -0.3 is 0 Å². The fourth-order valence-corrected chi connectivity index (χ4v) is 1.79. The van der Waals surface area contributed by atoms with Crippen molar-refractivity contribution in [3.63, 3.8) is 0 Å². The summed E-state index contributed by atoms with van der Waals surface area (Å²) in [5.41, 5.74) is 0.935. The summed E-state index contributed by atoms with van der Waals surface area (Å²) in [6, 6.07) is 13.9. The smallest absolute Gasteiger partial charge is 0.283 e. The van der Waals surface area contributed by atoms with E-state index in [1.54, 1.807) is 6.20 Å². The molecule has 3 aromatic rings. The molecule has 1 aliphatic rings. The van der Waals surface area contributed by atoms with E-state index in [9.17, 15) is 22.0 Å². The summed E-state index contributed by atoms with van der Waals surface area (Å²) in [6.45, 7) is 4.42. The average molecular weight is 544 g/mol. The number of fused-ring (bicyclic) bond motifs is 1. The van der Waals surface area contributed by atoms with Crippen molar-refractivity contribution in [1.29, 1.82) is 0 Å².